The van der Waals surface area contributed by atoms with E-state index in [-0.39, 0.29) is 0 Å². The highest BCUT2D eigenvalue weighted by molar-refractivity contribution is 5.65. The number of hydrogen-bond donors (Lipinski definition) is 0. The summed E-state index contributed by atoms with van der Waals surface area (Å²) in [5.74, 6) is 8.46. The predicted molar refractivity (Wildman–Crippen MR) is 104 cm³/mol. The van der Waals surface area contributed by atoms with Crippen LogP contribution in [0.4, 0.5) is 0 Å². The standard InChI is InChI=1S/C25H16/c1-4-20-14-13-19-24(23(20)5-2)25(6-3,21-15-9-7-10-16-21)22-17-11-8-12-18-22/h1-3,7-19H. The van der Waals surface area contributed by atoms with Gasteiger partial charge < -0.3 is 0 Å². The van der Waals surface area contributed by atoms with Gasteiger partial charge in [-0.15, -0.1) is 19.3 Å². The molecule has 0 atom stereocenters. The largest absolute Gasteiger partial charge is 0.118 e. The van der Waals surface area contributed by atoms with E-state index in [1.54, 1.807) is 0 Å². The van der Waals surface area contributed by atoms with Crippen LogP contribution in [0.3, 0.4) is 0 Å². The molecule has 0 aliphatic heterocycles. The van der Waals surface area contributed by atoms with E-state index in [1.807, 2.05) is 78.9 Å². The lowest BCUT2D eigenvalue weighted by Gasteiger charge is -2.32. The fourth-order valence-corrected chi connectivity index (χ4v) is 3.24. The van der Waals surface area contributed by atoms with E-state index < -0.39 is 5.41 Å². The molecule has 3 rings (SSSR count). The summed E-state index contributed by atoms with van der Waals surface area (Å²) in [5, 5.41) is 0. The van der Waals surface area contributed by atoms with Gasteiger partial charge in [0.15, 0.2) is 0 Å². The number of hydrogen-bond acceptors (Lipinski definition) is 0. The molecule has 0 spiro atoms. The number of terminal acetylenes is 3. The smallest absolute Gasteiger partial charge is 0.107 e. The van der Waals surface area contributed by atoms with Crippen LogP contribution in [0.2, 0.25) is 0 Å². The van der Waals surface area contributed by atoms with E-state index in [0.717, 1.165) is 16.7 Å². The minimum absolute atomic E-state index is 0.663. The third-order valence-electron chi connectivity index (χ3n) is 4.40. The summed E-state index contributed by atoms with van der Waals surface area (Å²) >= 11 is 0. The monoisotopic (exact) mass is 316 g/mol. The Kier molecular flexibility index (Phi) is 4.44. The third-order valence-corrected chi connectivity index (χ3v) is 4.40. The molecule has 0 heteroatoms. The van der Waals surface area contributed by atoms with Gasteiger partial charge in [-0.3, -0.25) is 0 Å². The molecule has 0 bridgehead atoms. The van der Waals surface area contributed by atoms with Crippen LogP contribution in [0.15, 0.2) is 78.9 Å². The lowest BCUT2D eigenvalue weighted by Crippen LogP contribution is -2.28. The summed E-state index contributed by atoms with van der Waals surface area (Å²) in [6, 6.07) is 25.7. The van der Waals surface area contributed by atoms with Crippen LogP contribution in [0.5, 0.6) is 0 Å². The maximum absolute atomic E-state index is 6.15. The summed E-state index contributed by atoms with van der Waals surface area (Å²) in [4.78, 5) is 0. The minimum atomic E-state index is -0.808. The first-order valence-electron chi connectivity index (χ1n) is 7.93. The van der Waals surface area contributed by atoms with E-state index in [1.165, 1.54) is 0 Å². The molecule has 3 aromatic rings. The Labute approximate surface area is 149 Å². The molecule has 0 unspecified atom stereocenters. The highest BCUT2D eigenvalue weighted by atomic mass is 14.4. The second kappa shape index (κ2) is 6.84. The van der Waals surface area contributed by atoms with Gasteiger partial charge in [0, 0.05) is 11.1 Å². The Bertz CT molecular complexity index is 964. The zero-order valence-corrected chi connectivity index (χ0v) is 13.7. The van der Waals surface area contributed by atoms with Gasteiger partial charge in [0.2, 0.25) is 0 Å². The highest BCUT2D eigenvalue weighted by Crippen LogP contribution is 2.40. The third kappa shape index (κ3) is 2.60. The highest BCUT2D eigenvalue weighted by Gasteiger charge is 2.36. The van der Waals surface area contributed by atoms with Crippen molar-refractivity contribution < 1.29 is 0 Å². The van der Waals surface area contributed by atoms with Crippen LogP contribution in [0.25, 0.3) is 0 Å². The van der Waals surface area contributed by atoms with Gasteiger partial charge in [0.05, 0.1) is 0 Å². The molecular weight excluding hydrogens is 300 g/mol. The average molecular weight is 316 g/mol. The number of rotatable bonds is 3. The Morgan fingerprint density at radius 1 is 0.600 bits per heavy atom. The van der Waals surface area contributed by atoms with Crippen molar-refractivity contribution in [3.05, 3.63) is 107 Å². The fraction of sp³-hybridized carbons (Fsp3) is 0.0400. The van der Waals surface area contributed by atoms with Crippen molar-refractivity contribution >= 4 is 0 Å². The first kappa shape index (κ1) is 16.2. The molecule has 0 amide bonds. The van der Waals surface area contributed by atoms with E-state index >= 15 is 0 Å². The summed E-state index contributed by atoms with van der Waals surface area (Å²) in [6.45, 7) is 0. The zero-order chi connectivity index (χ0) is 17.7. The molecule has 0 fully saturated rings. The molecular formula is C25H16. The minimum Gasteiger partial charge on any atom is -0.118 e. The van der Waals surface area contributed by atoms with Gasteiger partial charge in [-0.05, 0) is 22.8 Å². The summed E-state index contributed by atoms with van der Waals surface area (Å²) in [5.41, 5.74) is 3.34. The first-order valence-corrected chi connectivity index (χ1v) is 7.93. The van der Waals surface area contributed by atoms with E-state index in [0.29, 0.717) is 11.1 Å². The van der Waals surface area contributed by atoms with Crippen LogP contribution >= 0.6 is 0 Å². The molecule has 25 heavy (non-hydrogen) atoms. The maximum atomic E-state index is 6.15. The molecule has 116 valence electrons. The number of benzene rings is 3. The molecule has 0 aliphatic rings. The molecule has 3 aromatic carbocycles. The second-order valence-electron chi connectivity index (χ2n) is 5.64. The lowest BCUT2D eigenvalue weighted by molar-refractivity contribution is 0.807. The maximum Gasteiger partial charge on any atom is 0.107 e. The van der Waals surface area contributed by atoms with Gasteiger partial charge >= 0.3 is 0 Å². The summed E-state index contributed by atoms with van der Waals surface area (Å²) < 4.78 is 0. The van der Waals surface area contributed by atoms with Gasteiger partial charge in [-0.2, -0.15) is 0 Å². The van der Waals surface area contributed by atoms with E-state index in [4.69, 9.17) is 19.3 Å². The molecule has 0 N–H and O–H groups in total. The van der Waals surface area contributed by atoms with Crippen molar-refractivity contribution in [2.24, 2.45) is 0 Å². The van der Waals surface area contributed by atoms with Crippen molar-refractivity contribution in [2.45, 2.75) is 5.41 Å². The van der Waals surface area contributed by atoms with Crippen molar-refractivity contribution in [3.63, 3.8) is 0 Å². The van der Waals surface area contributed by atoms with Crippen LogP contribution in [-0.2, 0) is 5.41 Å². The first-order chi connectivity index (χ1) is 12.3. The fourth-order valence-electron chi connectivity index (χ4n) is 3.24. The quantitative estimate of drug-likeness (QED) is 0.489. The van der Waals surface area contributed by atoms with Crippen molar-refractivity contribution in [3.8, 4) is 37.0 Å². The Balaban J connectivity index is 2.46. The van der Waals surface area contributed by atoms with Crippen LogP contribution in [0, 0.1) is 37.0 Å². The van der Waals surface area contributed by atoms with Crippen molar-refractivity contribution in [2.75, 3.05) is 0 Å². The van der Waals surface area contributed by atoms with Gasteiger partial charge in [0.25, 0.3) is 0 Å². The lowest BCUT2D eigenvalue weighted by atomic mass is 9.68. The zero-order valence-electron chi connectivity index (χ0n) is 13.7. The summed E-state index contributed by atoms with van der Waals surface area (Å²) in [6.07, 6.45) is 17.6. The Morgan fingerprint density at radius 3 is 1.60 bits per heavy atom. The average Bonchev–Trinajstić information content (AvgIpc) is 2.70. The van der Waals surface area contributed by atoms with E-state index in [2.05, 4.69) is 17.8 Å². The molecule has 0 aliphatic carbocycles. The van der Waals surface area contributed by atoms with Crippen LogP contribution in [-0.4, -0.2) is 0 Å². The normalized spacial score (nSPS) is 10.3. The van der Waals surface area contributed by atoms with Crippen LogP contribution in [0.1, 0.15) is 27.8 Å². The molecule has 0 saturated heterocycles. The SMILES string of the molecule is C#Cc1cccc(C(C#C)(c2ccccc2)c2ccccc2)c1C#C. The second-order valence-corrected chi connectivity index (χ2v) is 5.64. The molecule has 0 radical (unpaired) electrons. The van der Waals surface area contributed by atoms with Crippen LogP contribution < -0.4 is 0 Å². The van der Waals surface area contributed by atoms with Crippen molar-refractivity contribution in [1.29, 1.82) is 0 Å². The molecule has 0 aromatic heterocycles. The van der Waals surface area contributed by atoms with Gasteiger partial charge in [0.1, 0.15) is 5.41 Å². The molecule has 0 heterocycles. The Hall–Kier alpha value is -3.66. The molecule has 0 nitrogen and oxygen atoms in total. The molecule has 0 saturated carbocycles. The van der Waals surface area contributed by atoms with Crippen molar-refractivity contribution in [1.82, 2.24) is 0 Å². The van der Waals surface area contributed by atoms with E-state index in [9.17, 15) is 0 Å². The topological polar surface area (TPSA) is 0 Å². The predicted octanol–water partition coefficient (Wildman–Crippen LogP) is 4.62. The van der Waals surface area contributed by atoms with Gasteiger partial charge in [-0.25, -0.2) is 0 Å². The Morgan fingerprint density at radius 2 is 1.16 bits per heavy atom. The van der Waals surface area contributed by atoms with Gasteiger partial charge in [-0.1, -0.05) is 90.6 Å². The summed E-state index contributed by atoms with van der Waals surface area (Å²) in [7, 11) is 0.